The average Bonchev–Trinajstić information content (AvgIpc) is 2.80. The van der Waals surface area contributed by atoms with Gasteiger partial charge < -0.3 is 20.3 Å². The number of carbonyl (C=O) groups excluding carboxylic acids is 2. The van der Waals surface area contributed by atoms with Crippen LogP contribution in [0.5, 0.6) is 0 Å². The summed E-state index contributed by atoms with van der Waals surface area (Å²) >= 11 is 0. The minimum atomic E-state index is -0.751. The van der Waals surface area contributed by atoms with Gasteiger partial charge in [0.05, 0.1) is 18.2 Å². The van der Waals surface area contributed by atoms with Crippen molar-refractivity contribution < 1.29 is 18.7 Å². The van der Waals surface area contributed by atoms with Crippen molar-refractivity contribution in [3.63, 3.8) is 0 Å². The molecule has 0 spiro atoms. The number of ether oxygens (including phenoxy) is 1. The van der Waals surface area contributed by atoms with E-state index >= 15 is 0 Å². The summed E-state index contributed by atoms with van der Waals surface area (Å²) in [5, 5.41) is 5.59. The highest BCUT2D eigenvalue weighted by molar-refractivity contribution is 5.95. The van der Waals surface area contributed by atoms with Gasteiger partial charge in [0.2, 0.25) is 0 Å². The summed E-state index contributed by atoms with van der Waals surface area (Å²) in [6.07, 6.45) is 6.08. The highest BCUT2D eigenvalue weighted by Crippen LogP contribution is 2.29. The van der Waals surface area contributed by atoms with Crippen LogP contribution in [0.3, 0.4) is 0 Å². The molecule has 1 aromatic rings. The Morgan fingerprint density at radius 1 is 1.16 bits per heavy atom. The van der Waals surface area contributed by atoms with Gasteiger partial charge in [-0.25, -0.2) is 14.0 Å². The van der Waals surface area contributed by atoms with Gasteiger partial charge in [-0.2, -0.15) is 0 Å². The molecule has 7 nitrogen and oxygen atoms in total. The second-order valence-electron chi connectivity index (χ2n) is 8.80. The SMILES string of the molecule is CCOC(=O)C1=C(CN2CCC(N3CCCCC3)CC2)NC(=O)NC1c1cccc(F)c1. The van der Waals surface area contributed by atoms with Crippen LogP contribution in [0.25, 0.3) is 0 Å². The van der Waals surface area contributed by atoms with E-state index < -0.39 is 23.9 Å². The van der Waals surface area contributed by atoms with E-state index in [-0.39, 0.29) is 6.61 Å². The largest absolute Gasteiger partial charge is 0.463 e. The second kappa shape index (κ2) is 10.4. The Hall–Kier alpha value is -2.45. The molecule has 2 fully saturated rings. The van der Waals surface area contributed by atoms with Crippen molar-refractivity contribution in [3.8, 4) is 0 Å². The Morgan fingerprint density at radius 3 is 2.59 bits per heavy atom. The summed E-state index contributed by atoms with van der Waals surface area (Å²) in [6.45, 7) is 6.64. The van der Waals surface area contributed by atoms with E-state index in [2.05, 4.69) is 20.4 Å². The molecule has 1 atom stereocenters. The Bertz CT molecular complexity index is 861. The van der Waals surface area contributed by atoms with Gasteiger partial charge in [-0.3, -0.25) is 4.90 Å². The molecule has 2 amide bonds. The molecule has 4 rings (SSSR count). The molecular formula is C24H33FN4O3. The van der Waals surface area contributed by atoms with Crippen LogP contribution in [0.15, 0.2) is 35.5 Å². The molecule has 0 saturated carbocycles. The van der Waals surface area contributed by atoms with Crippen molar-refractivity contribution >= 4 is 12.0 Å². The van der Waals surface area contributed by atoms with Crippen LogP contribution in [-0.2, 0) is 9.53 Å². The molecule has 3 aliphatic heterocycles. The number of piperidine rings is 2. The first-order chi connectivity index (χ1) is 15.5. The van der Waals surface area contributed by atoms with Gasteiger partial charge in [-0.05, 0) is 63.4 Å². The van der Waals surface area contributed by atoms with E-state index in [0.717, 1.165) is 25.9 Å². The Kier molecular flexibility index (Phi) is 7.42. The van der Waals surface area contributed by atoms with Gasteiger partial charge in [0.1, 0.15) is 5.82 Å². The van der Waals surface area contributed by atoms with Crippen molar-refractivity contribution in [2.24, 2.45) is 0 Å². The molecule has 0 bridgehead atoms. The lowest BCUT2D eigenvalue weighted by molar-refractivity contribution is -0.139. The third-order valence-corrected chi connectivity index (χ3v) is 6.68. The minimum absolute atomic E-state index is 0.223. The molecule has 2 saturated heterocycles. The molecule has 3 heterocycles. The summed E-state index contributed by atoms with van der Waals surface area (Å²) in [7, 11) is 0. The molecule has 0 radical (unpaired) electrons. The highest BCUT2D eigenvalue weighted by atomic mass is 19.1. The van der Waals surface area contributed by atoms with Crippen LogP contribution in [0.2, 0.25) is 0 Å². The number of hydrogen-bond acceptors (Lipinski definition) is 5. The number of urea groups is 1. The van der Waals surface area contributed by atoms with Crippen LogP contribution in [0.1, 0.15) is 50.6 Å². The summed E-state index contributed by atoms with van der Waals surface area (Å²) in [5.74, 6) is -0.910. The number of benzene rings is 1. The van der Waals surface area contributed by atoms with E-state index in [0.29, 0.717) is 29.4 Å². The maximum Gasteiger partial charge on any atom is 0.338 e. The van der Waals surface area contributed by atoms with E-state index in [1.54, 1.807) is 19.1 Å². The lowest BCUT2D eigenvalue weighted by Gasteiger charge is -2.41. The molecule has 2 N–H and O–H groups in total. The highest BCUT2D eigenvalue weighted by Gasteiger charge is 2.35. The molecular weight excluding hydrogens is 411 g/mol. The molecule has 3 aliphatic rings. The number of rotatable bonds is 6. The number of nitrogens with zero attached hydrogens (tertiary/aromatic N) is 2. The van der Waals surface area contributed by atoms with Gasteiger partial charge in [-0.1, -0.05) is 18.6 Å². The second-order valence-corrected chi connectivity index (χ2v) is 8.80. The fraction of sp³-hybridized carbons (Fsp3) is 0.583. The third-order valence-electron chi connectivity index (χ3n) is 6.68. The maximum absolute atomic E-state index is 13.9. The number of halogens is 1. The van der Waals surface area contributed by atoms with Crippen LogP contribution in [0.4, 0.5) is 9.18 Å². The predicted molar refractivity (Wildman–Crippen MR) is 119 cm³/mol. The average molecular weight is 445 g/mol. The van der Waals surface area contributed by atoms with Crippen molar-refractivity contribution in [2.75, 3.05) is 39.3 Å². The maximum atomic E-state index is 13.9. The van der Waals surface area contributed by atoms with Gasteiger partial charge in [0.25, 0.3) is 0 Å². The molecule has 1 aromatic carbocycles. The van der Waals surface area contributed by atoms with Crippen LogP contribution in [-0.4, -0.2) is 67.2 Å². The Balaban J connectivity index is 1.52. The quantitative estimate of drug-likeness (QED) is 0.660. The van der Waals surface area contributed by atoms with Crippen molar-refractivity contribution in [2.45, 2.75) is 51.1 Å². The molecule has 32 heavy (non-hydrogen) atoms. The number of likely N-dealkylation sites (tertiary alicyclic amines) is 2. The summed E-state index contributed by atoms with van der Waals surface area (Å²) < 4.78 is 19.2. The van der Waals surface area contributed by atoms with Gasteiger partial charge >= 0.3 is 12.0 Å². The molecule has 1 unspecified atom stereocenters. The zero-order chi connectivity index (χ0) is 22.5. The van der Waals surface area contributed by atoms with Crippen molar-refractivity contribution in [1.82, 2.24) is 20.4 Å². The van der Waals surface area contributed by atoms with E-state index in [1.807, 2.05) is 0 Å². The fourth-order valence-electron chi connectivity index (χ4n) is 5.08. The summed E-state index contributed by atoms with van der Waals surface area (Å²) in [6, 6.07) is 5.44. The topological polar surface area (TPSA) is 73.9 Å². The van der Waals surface area contributed by atoms with Crippen LogP contribution >= 0.6 is 0 Å². The smallest absolute Gasteiger partial charge is 0.338 e. The van der Waals surface area contributed by atoms with Gasteiger partial charge in [-0.15, -0.1) is 0 Å². The lowest BCUT2D eigenvalue weighted by Crippen LogP contribution is -2.51. The summed E-state index contributed by atoms with van der Waals surface area (Å²) in [5.41, 5.74) is 1.40. The minimum Gasteiger partial charge on any atom is -0.463 e. The first kappa shape index (κ1) is 22.7. The third kappa shape index (κ3) is 5.30. The van der Waals surface area contributed by atoms with E-state index in [9.17, 15) is 14.0 Å². The standard InChI is InChI=1S/C24H33FN4O3/c1-2-32-23(30)21-20(26-24(31)27-22(21)17-7-6-8-18(25)15-17)16-28-13-9-19(10-14-28)29-11-4-3-5-12-29/h6-8,15,19,22H,2-5,9-14,16H2,1H3,(H2,26,27,31). The van der Waals surface area contributed by atoms with Crippen molar-refractivity contribution in [3.05, 3.63) is 46.9 Å². The zero-order valence-electron chi connectivity index (χ0n) is 18.7. The van der Waals surface area contributed by atoms with Gasteiger partial charge in [0.15, 0.2) is 0 Å². The van der Waals surface area contributed by atoms with Crippen LogP contribution in [0, 0.1) is 5.82 Å². The first-order valence-corrected chi connectivity index (χ1v) is 11.7. The van der Waals surface area contributed by atoms with E-state index in [4.69, 9.17) is 4.74 Å². The molecule has 0 aromatic heterocycles. The predicted octanol–water partition coefficient (Wildman–Crippen LogP) is 2.95. The van der Waals surface area contributed by atoms with Crippen LogP contribution < -0.4 is 10.6 Å². The molecule has 174 valence electrons. The normalized spacial score (nSPS) is 23.6. The number of esters is 1. The van der Waals surface area contributed by atoms with Crippen molar-refractivity contribution in [1.29, 1.82) is 0 Å². The molecule has 8 heteroatoms. The summed E-state index contributed by atoms with van der Waals surface area (Å²) in [4.78, 5) is 30.2. The fourth-order valence-corrected chi connectivity index (χ4v) is 5.08. The first-order valence-electron chi connectivity index (χ1n) is 11.7. The number of nitrogens with one attached hydrogen (secondary N) is 2. The van der Waals surface area contributed by atoms with Gasteiger partial charge in [0, 0.05) is 31.4 Å². The Labute approximate surface area is 189 Å². The lowest BCUT2D eigenvalue weighted by atomic mass is 9.94. The number of amides is 2. The number of carbonyl (C=O) groups is 2. The molecule has 0 aliphatic carbocycles. The zero-order valence-corrected chi connectivity index (χ0v) is 18.7. The number of hydrogen-bond donors (Lipinski definition) is 2. The Morgan fingerprint density at radius 2 is 1.91 bits per heavy atom. The monoisotopic (exact) mass is 444 g/mol. The van der Waals surface area contributed by atoms with E-state index in [1.165, 1.54) is 44.5 Å².